The average molecular weight is 407 g/mol. The van der Waals surface area contributed by atoms with Crippen molar-refractivity contribution in [3.8, 4) is 0 Å². The molecular formula is C20H23ClN2O3S. The monoisotopic (exact) mass is 406 g/mol. The zero-order valence-corrected chi connectivity index (χ0v) is 16.8. The molecule has 7 heteroatoms. The zero-order valence-electron chi connectivity index (χ0n) is 15.2. The third-order valence-electron chi connectivity index (χ3n) is 4.56. The highest BCUT2D eigenvalue weighted by molar-refractivity contribution is 8.00. The van der Waals surface area contributed by atoms with E-state index >= 15 is 0 Å². The predicted molar refractivity (Wildman–Crippen MR) is 109 cm³/mol. The van der Waals surface area contributed by atoms with Gasteiger partial charge in [0.2, 0.25) is 5.91 Å². The first-order chi connectivity index (χ1) is 13.1. The van der Waals surface area contributed by atoms with Crippen molar-refractivity contribution in [2.45, 2.75) is 30.7 Å². The van der Waals surface area contributed by atoms with Gasteiger partial charge in [-0.05, 0) is 37.3 Å². The summed E-state index contributed by atoms with van der Waals surface area (Å²) in [6.07, 6.45) is 1.22. The highest BCUT2D eigenvalue weighted by Crippen LogP contribution is 2.33. The van der Waals surface area contributed by atoms with Gasteiger partial charge in [0.1, 0.15) is 0 Å². The van der Waals surface area contributed by atoms with Crippen LogP contribution in [0.4, 0.5) is 4.79 Å². The molecule has 1 fully saturated rings. The summed E-state index contributed by atoms with van der Waals surface area (Å²) in [6, 6.07) is 11.9. The molecule has 3 rings (SSSR count). The van der Waals surface area contributed by atoms with Gasteiger partial charge < -0.3 is 15.0 Å². The molecular weight excluding hydrogens is 384 g/mol. The first kappa shape index (κ1) is 19.8. The minimum Gasteiger partial charge on any atom is -0.450 e. The number of likely N-dealkylation sites (tertiary alicyclic amines) is 1. The molecule has 144 valence electrons. The van der Waals surface area contributed by atoms with E-state index in [-0.39, 0.29) is 18.0 Å². The van der Waals surface area contributed by atoms with Gasteiger partial charge >= 0.3 is 6.09 Å². The quantitative estimate of drug-likeness (QED) is 0.751. The van der Waals surface area contributed by atoms with Gasteiger partial charge in [-0.3, -0.25) is 4.79 Å². The van der Waals surface area contributed by atoms with Crippen molar-refractivity contribution in [3.63, 3.8) is 0 Å². The minimum atomic E-state index is -0.273. The minimum absolute atomic E-state index is 0.00126. The number of hydrogen-bond acceptors (Lipinski definition) is 4. The Morgan fingerprint density at radius 2 is 1.93 bits per heavy atom. The molecule has 1 aliphatic heterocycles. The lowest BCUT2D eigenvalue weighted by Crippen LogP contribution is -2.47. The van der Waals surface area contributed by atoms with Gasteiger partial charge in [-0.15, -0.1) is 11.8 Å². The second-order valence-corrected chi connectivity index (χ2v) is 7.83. The summed E-state index contributed by atoms with van der Waals surface area (Å²) in [5.41, 5.74) is 0. The maximum absolute atomic E-state index is 12.4. The fourth-order valence-corrected chi connectivity index (χ4v) is 4.47. The van der Waals surface area contributed by atoms with Crippen molar-refractivity contribution >= 4 is 46.1 Å². The van der Waals surface area contributed by atoms with Gasteiger partial charge in [0.15, 0.2) is 0 Å². The summed E-state index contributed by atoms with van der Waals surface area (Å²) >= 11 is 7.83. The van der Waals surface area contributed by atoms with Crippen LogP contribution in [-0.4, -0.2) is 48.4 Å². The molecule has 0 spiro atoms. The lowest BCUT2D eigenvalue weighted by molar-refractivity contribution is -0.119. The molecule has 0 bridgehead atoms. The summed E-state index contributed by atoms with van der Waals surface area (Å²) in [5, 5.41) is 5.83. The van der Waals surface area contributed by atoms with Gasteiger partial charge in [0.25, 0.3) is 0 Å². The van der Waals surface area contributed by atoms with E-state index in [9.17, 15) is 9.59 Å². The molecule has 0 aromatic heterocycles. The van der Waals surface area contributed by atoms with Crippen molar-refractivity contribution in [1.29, 1.82) is 0 Å². The van der Waals surface area contributed by atoms with Crippen LogP contribution in [0.2, 0.25) is 5.02 Å². The molecule has 2 aromatic rings. The number of nitrogens with one attached hydrogen (secondary N) is 1. The maximum atomic E-state index is 12.4. The van der Waals surface area contributed by atoms with E-state index in [4.69, 9.17) is 16.3 Å². The van der Waals surface area contributed by atoms with Crippen molar-refractivity contribution in [2.24, 2.45) is 0 Å². The number of carbonyl (C=O) groups excluding carboxylic acids is 2. The molecule has 2 aromatic carbocycles. The Hall–Kier alpha value is -1.92. The van der Waals surface area contributed by atoms with E-state index in [0.29, 0.717) is 30.5 Å². The number of thioether (sulfide) groups is 1. The van der Waals surface area contributed by atoms with Crippen LogP contribution >= 0.6 is 23.4 Å². The molecule has 2 amide bonds. The van der Waals surface area contributed by atoms with Crippen molar-refractivity contribution < 1.29 is 14.3 Å². The number of rotatable bonds is 5. The largest absolute Gasteiger partial charge is 0.450 e. The molecule has 1 aliphatic rings. The van der Waals surface area contributed by atoms with Crippen LogP contribution in [0.5, 0.6) is 0 Å². The number of nitrogens with zero attached hydrogens (tertiary/aromatic N) is 1. The number of piperidine rings is 1. The Kier molecular flexibility index (Phi) is 6.85. The number of halogens is 1. The number of ether oxygens (including phenoxy) is 1. The van der Waals surface area contributed by atoms with Gasteiger partial charge in [-0.25, -0.2) is 4.79 Å². The van der Waals surface area contributed by atoms with Crippen LogP contribution in [0.25, 0.3) is 10.8 Å². The average Bonchev–Trinajstić information content (AvgIpc) is 2.67. The van der Waals surface area contributed by atoms with Crippen LogP contribution in [0.3, 0.4) is 0 Å². The van der Waals surface area contributed by atoms with Crippen molar-refractivity contribution in [2.75, 3.05) is 25.4 Å². The fourth-order valence-electron chi connectivity index (χ4n) is 3.22. The fraction of sp³-hybridized carbons (Fsp3) is 0.400. The highest BCUT2D eigenvalue weighted by atomic mass is 35.5. The third kappa shape index (κ3) is 5.08. The number of carbonyl (C=O) groups is 2. The first-order valence-electron chi connectivity index (χ1n) is 9.09. The van der Waals surface area contributed by atoms with E-state index in [1.54, 1.807) is 11.8 Å². The second kappa shape index (κ2) is 9.33. The molecule has 1 saturated heterocycles. The lowest BCUT2D eigenvalue weighted by Gasteiger charge is -2.31. The molecule has 27 heavy (non-hydrogen) atoms. The van der Waals surface area contributed by atoms with Crippen molar-refractivity contribution in [1.82, 2.24) is 10.2 Å². The third-order valence-corrected chi connectivity index (χ3v) is 5.93. The van der Waals surface area contributed by atoms with Crippen molar-refractivity contribution in [3.05, 3.63) is 41.4 Å². The standard InChI is InChI=1S/C20H23ClN2O3S/c1-2-26-20(25)23-11-9-15(10-12-23)22-18(24)13-27-17-8-4-6-14-5-3-7-16(21)19(14)17/h3-8,15H,2,9-13H2,1H3,(H,22,24). The Morgan fingerprint density at radius 3 is 2.63 bits per heavy atom. The molecule has 0 saturated carbocycles. The van der Waals surface area contributed by atoms with E-state index in [0.717, 1.165) is 28.5 Å². The lowest BCUT2D eigenvalue weighted by atomic mass is 10.1. The molecule has 0 unspecified atom stereocenters. The maximum Gasteiger partial charge on any atom is 0.409 e. The van der Waals surface area contributed by atoms with E-state index in [1.807, 2.05) is 36.4 Å². The van der Waals surface area contributed by atoms with Crippen LogP contribution in [0.1, 0.15) is 19.8 Å². The van der Waals surface area contributed by atoms with Crippen LogP contribution < -0.4 is 5.32 Å². The van der Waals surface area contributed by atoms with Gasteiger partial charge in [0, 0.05) is 34.4 Å². The SMILES string of the molecule is CCOC(=O)N1CCC(NC(=O)CSc2cccc3cccc(Cl)c23)CC1. The van der Waals surface area contributed by atoms with Crippen LogP contribution in [0, 0.1) is 0 Å². The van der Waals surface area contributed by atoms with E-state index < -0.39 is 0 Å². The Morgan fingerprint density at radius 1 is 1.22 bits per heavy atom. The Balaban J connectivity index is 1.51. The second-order valence-electron chi connectivity index (χ2n) is 6.41. The molecule has 5 nitrogen and oxygen atoms in total. The molecule has 1 N–H and O–H groups in total. The molecule has 0 atom stereocenters. The summed E-state index contributed by atoms with van der Waals surface area (Å²) in [4.78, 5) is 26.8. The van der Waals surface area contributed by atoms with Gasteiger partial charge in [0.05, 0.1) is 12.4 Å². The first-order valence-corrected chi connectivity index (χ1v) is 10.5. The topological polar surface area (TPSA) is 58.6 Å². The zero-order chi connectivity index (χ0) is 19.2. The summed E-state index contributed by atoms with van der Waals surface area (Å²) in [6.45, 7) is 3.39. The van der Waals surface area contributed by atoms with Crippen LogP contribution in [0.15, 0.2) is 41.3 Å². The highest BCUT2D eigenvalue weighted by Gasteiger charge is 2.24. The molecule has 1 heterocycles. The number of amides is 2. The van der Waals surface area contributed by atoms with Gasteiger partial charge in [-0.1, -0.05) is 35.9 Å². The van der Waals surface area contributed by atoms with E-state index in [1.165, 1.54) is 11.8 Å². The number of fused-ring (bicyclic) bond motifs is 1. The summed E-state index contributed by atoms with van der Waals surface area (Å²) < 4.78 is 5.02. The smallest absolute Gasteiger partial charge is 0.409 e. The van der Waals surface area contributed by atoms with Gasteiger partial charge in [-0.2, -0.15) is 0 Å². The normalized spacial score (nSPS) is 15.0. The number of benzene rings is 2. The summed E-state index contributed by atoms with van der Waals surface area (Å²) in [5.74, 6) is 0.334. The summed E-state index contributed by atoms with van der Waals surface area (Å²) in [7, 11) is 0. The predicted octanol–water partition coefficient (Wildman–Crippen LogP) is 4.32. The molecule has 0 radical (unpaired) electrons. The molecule has 0 aliphatic carbocycles. The Bertz CT molecular complexity index is 817. The Labute approximate surface area is 168 Å². The number of hydrogen-bond donors (Lipinski definition) is 1. The van der Waals surface area contributed by atoms with E-state index in [2.05, 4.69) is 5.32 Å². The van der Waals surface area contributed by atoms with Crippen LogP contribution in [-0.2, 0) is 9.53 Å².